The monoisotopic (exact) mass is 274 g/mol. The van der Waals surface area contributed by atoms with Crippen LogP contribution in [0.3, 0.4) is 0 Å². The quantitative estimate of drug-likeness (QED) is 0.837. The number of carboxylic acids is 1. The van der Waals surface area contributed by atoms with E-state index in [0.717, 1.165) is 5.75 Å². The number of pyridine rings is 1. The molecular weight excluding hydrogens is 260 g/mol. The van der Waals surface area contributed by atoms with Crippen molar-refractivity contribution in [3.8, 4) is 0 Å². The normalized spacial score (nSPS) is 12.2. The van der Waals surface area contributed by atoms with Crippen LogP contribution in [0.25, 0.3) is 0 Å². The van der Waals surface area contributed by atoms with E-state index < -0.39 is 5.97 Å². The Morgan fingerprint density at radius 2 is 2.29 bits per heavy atom. The lowest BCUT2D eigenvalue weighted by atomic mass is 10.2. The summed E-state index contributed by atoms with van der Waals surface area (Å²) in [6, 6.07) is 3.14. The number of aromatic nitrogens is 1. The SMILES string of the molecule is CSCC(C)N(C)c1cc(C(=O)O)cc(Cl)n1. The average molecular weight is 275 g/mol. The van der Waals surface area contributed by atoms with Gasteiger partial charge in [-0.2, -0.15) is 11.8 Å². The van der Waals surface area contributed by atoms with Gasteiger partial charge in [0.1, 0.15) is 11.0 Å². The van der Waals surface area contributed by atoms with E-state index in [4.69, 9.17) is 16.7 Å². The van der Waals surface area contributed by atoms with Gasteiger partial charge in [0.25, 0.3) is 0 Å². The van der Waals surface area contributed by atoms with Gasteiger partial charge < -0.3 is 10.0 Å². The fraction of sp³-hybridized carbons (Fsp3) is 0.455. The van der Waals surface area contributed by atoms with E-state index in [1.165, 1.54) is 12.1 Å². The standard InChI is InChI=1S/C11H15ClN2O2S/c1-7(6-17-3)14(2)10-5-8(11(15)16)4-9(12)13-10/h4-5,7H,6H2,1-3H3,(H,15,16). The van der Waals surface area contributed by atoms with Crippen molar-refractivity contribution in [1.82, 2.24) is 4.98 Å². The van der Waals surface area contributed by atoms with Crippen molar-refractivity contribution < 1.29 is 9.90 Å². The zero-order valence-electron chi connectivity index (χ0n) is 9.98. The van der Waals surface area contributed by atoms with Gasteiger partial charge in [-0.25, -0.2) is 9.78 Å². The minimum Gasteiger partial charge on any atom is -0.478 e. The average Bonchev–Trinajstić information content (AvgIpc) is 2.27. The van der Waals surface area contributed by atoms with Crippen LogP contribution in [0.5, 0.6) is 0 Å². The smallest absolute Gasteiger partial charge is 0.335 e. The molecule has 94 valence electrons. The minimum atomic E-state index is -0.999. The van der Waals surface area contributed by atoms with E-state index >= 15 is 0 Å². The van der Waals surface area contributed by atoms with E-state index in [9.17, 15) is 4.79 Å². The third-order valence-electron chi connectivity index (χ3n) is 2.46. The molecule has 1 atom stereocenters. The second-order valence-corrected chi connectivity index (χ2v) is 5.06. The van der Waals surface area contributed by atoms with E-state index in [1.807, 2.05) is 18.2 Å². The van der Waals surface area contributed by atoms with Crippen molar-refractivity contribution in [2.24, 2.45) is 0 Å². The van der Waals surface area contributed by atoms with E-state index in [1.54, 1.807) is 11.8 Å². The predicted molar refractivity (Wildman–Crippen MR) is 72.5 cm³/mol. The first kappa shape index (κ1) is 14.1. The zero-order chi connectivity index (χ0) is 13.0. The molecule has 0 spiro atoms. The Labute approximate surface area is 110 Å². The third kappa shape index (κ3) is 3.78. The van der Waals surface area contributed by atoms with Gasteiger partial charge in [0.2, 0.25) is 0 Å². The molecule has 0 radical (unpaired) electrons. The van der Waals surface area contributed by atoms with Crippen LogP contribution in [-0.2, 0) is 0 Å². The van der Waals surface area contributed by atoms with Crippen LogP contribution in [0.4, 0.5) is 5.82 Å². The molecule has 0 aliphatic heterocycles. The summed E-state index contributed by atoms with van der Waals surface area (Å²) in [4.78, 5) is 17.0. The highest BCUT2D eigenvalue weighted by molar-refractivity contribution is 7.98. The Kier molecular flexibility index (Phi) is 5.08. The summed E-state index contributed by atoms with van der Waals surface area (Å²) in [5.74, 6) is 0.519. The second kappa shape index (κ2) is 6.12. The molecule has 0 saturated carbocycles. The summed E-state index contributed by atoms with van der Waals surface area (Å²) in [5, 5.41) is 9.15. The zero-order valence-corrected chi connectivity index (χ0v) is 11.5. The molecule has 1 N–H and O–H groups in total. The molecule has 6 heteroatoms. The molecule has 1 heterocycles. The maximum absolute atomic E-state index is 10.9. The molecule has 0 amide bonds. The number of carboxylic acid groups (broad SMARTS) is 1. The van der Waals surface area contributed by atoms with Crippen LogP contribution in [0, 0.1) is 0 Å². The highest BCUT2D eigenvalue weighted by Gasteiger charge is 2.14. The molecular formula is C11H15ClN2O2S. The molecule has 0 saturated heterocycles. The van der Waals surface area contributed by atoms with Gasteiger partial charge in [0.05, 0.1) is 5.56 Å². The summed E-state index contributed by atoms with van der Waals surface area (Å²) in [7, 11) is 1.88. The molecule has 0 aromatic carbocycles. The second-order valence-electron chi connectivity index (χ2n) is 3.76. The van der Waals surface area contributed by atoms with Gasteiger partial charge in [-0.05, 0) is 25.3 Å². The number of halogens is 1. The Morgan fingerprint density at radius 1 is 1.65 bits per heavy atom. The topological polar surface area (TPSA) is 53.4 Å². The van der Waals surface area contributed by atoms with Crippen molar-refractivity contribution in [1.29, 1.82) is 0 Å². The maximum Gasteiger partial charge on any atom is 0.335 e. The third-order valence-corrected chi connectivity index (χ3v) is 3.47. The number of anilines is 1. The summed E-state index contributed by atoms with van der Waals surface area (Å²) in [5.41, 5.74) is 0.156. The molecule has 0 aliphatic carbocycles. The first-order valence-electron chi connectivity index (χ1n) is 5.08. The van der Waals surface area contributed by atoms with Gasteiger partial charge in [0.15, 0.2) is 0 Å². The lowest BCUT2D eigenvalue weighted by Gasteiger charge is -2.25. The molecule has 0 fully saturated rings. The largest absolute Gasteiger partial charge is 0.478 e. The summed E-state index contributed by atoms with van der Waals surface area (Å²) in [6.45, 7) is 2.06. The molecule has 1 aromatic heterocycles. The fourth-order valence-electron chi connectivity index (χ4n) is 1.37. The van der Waals surface area contributed by atoms with Crippen molar-refractivity contribution in [2.75, 3.05) is 24.0 Å². The molecule has 0 aliphatic rings. The van der Waals surface area contributed by atoms with Crippen LogP contribution >= 0.6 is 23.4 Å². The molecule has 17 heavy (non-hydrogen) atoms. The summed E-state index contributed by atoms with van der Waals surface area (Å²) >= 11 is 7.54. The van der Waals surface area contributed by atoms with E-state index in [0.29, 0.717) is 5.82 Å². The van der Waals surface area contributed by atoms with Crippen molar-refractivity contribution >= 4 is 35.1 Å². The summed E-state index contributed by atoms with van der Waals surface area (Å²) in [6.07, 6.45) is 2.03. The molecule has 1 rings (SSSR count). The van der Waals surface area contributed by atoms with Gasteiger partial charge in [-0.15, -0.1) is 0 Å². The van der Waals surface area contributed by atoms with Gasteiger partial charge >= 0.3 is 5.97 Å². The fourth-order valence-corrected chi connectivity index (χ4v) is 2.28. The number of thioether (sulfide) groups is 1. The molecule has 1 aromatic rings. The lowest BCUT2D eigenvalue weighted by Crippen LogP contribution is -2.31. The number of hydrogen-bond donors (Lipinski definition) is 1. The van der Waals surface area contributed by atoms with Crippen LogP contribution in [0.1, 0.15) is 17.3 Å². The Hall–Kier alpha value is -0.940. The van der Waals surface area contributed by atoms with Gasteiger partial charge in [-0.1, -0.05) is 11.6 Å². The van der Waals surface area contributed by atoms with Gasteiger partial charge in [0, 0.05) is 18.8 Å². The first-order valence-corrected chi connectivity index (χ1v) is 6.85. The van der Waals surface area contributed by atoms with Crippen molar-refractivity contribution in [3.63, 3.8) is 0 Å². The van der Waals surface area contributed by atoms with E-state index in [2.05, 4.69) is 11.9 Å². The lowest BCUT2D eigenvalue weighted by molar-refractivity contribution is 0.0697. The number of rotatable bonds is 5. The highest BCUT2D eigenvalue weighted by atomic mass is 35.5. The molecule has 0 bridgehead atoms. The number of carbonyl (C=O) groups is 1. The number of nitrogens with zero attached hydrogens (tertiary/aromatic N) is 2. The van der Waals surface area contributed by atoms with E-state index in [-0.39, 0.29) is 16.8 Å². The van der Waals surface area contributed by atoms with Crippen molar-refractivity contribution in [2.45, 2.75) is 13.0 Å². The molecule has 4 nitrogen and oxygen atoms in total. The van der Waals surface area contributed by atoms with Crippen LogP contribution < -0.4 is 4.90 Å². The minimum absolute atomic E-state index is 0.156. The first-order chi connectivity index (χ1) is 7.95. The Balaban J connectivity index is 3.01. The van der Waals surface area contributed by atoms with Crippen molar-refractivity contribution in [3.05, 3.63) is 22.8 Å². The predicted octanol–water partition coefficient (Wildman–Crippen LogP) is 2.62. The Bertz CT molecular complexity index is 414. The Morgan fingerprint density at radius 3 is 2.82 bits per heavy atom. The molecule has 1 unspecified atom stereocenters. The van der Waals surface area contributed by atoms with Crippen LogP contribution in [-0.4, -0.2) is 41.2 Å². The van der Waals surface area contributed by atoms with Crippen LogP contribution in [0.2, 0.25) is 5.15 Å². The number of aromatic carboxylic acids is 1. The van der Waals surface area contributed by atoms with Crippen LogP contribution in [0.15, 0.2) is 12.1 Å². The highest BCUT2D eigenvalue weighted by Crippen LogP contribution is 2.20. The maximum atomic E-state index is 10.9. The van der Waals surface area contributed by atoms with Gasteiger partial charge in [-0.3, -0.25) is 0 Å². The number of hydrogen-bond acceptors (Lipinski definition) is 4. The summed E-state index contributed by atoms with van der Waals surface area (Å²) < 4.78 is 0.